The number of carboxylic acids is 1. The van der Waals surface area contributed by atoms with E-state index in [1.54, 1.807) is 0 Å². The topological polar surface area (TPSA) is 40.5 Å². The molecule has 0 fully saturated rings. The van der Waals surface area contributed by atoms with Gasteiger partial charge in [0.15, 0.2) is 0 Å². The highest BCUT2D eigenvalue weighted by Crippen LogP contribution is 2.09. The molecule has 0 aliphatic carbocycles. The van der Waals surface area contributed by atoms with Crippen molar-refractivity contribution in [3.8, 4) is 0 Å². The van der Waals surface area contributed by atoms with E-state index in [9.17, 15) is 4.79 Å². The van der Waals surface area contributed by atoms with Crippen LogP contribution in [-0.2, 0) is 4.79 Å². The van der Waals surface area contributed by atoms with Gasteiger partial charge in [0, 0.05) is 0 Å². The molecule has 0 aliphatic rings. The molecule has 78 valence electrons. The third-order valence-corrected chi connectivity index (χ3v) is 2.53. The van der Waals surface area contributed by atoms with Crippen molar-refractivity contribution in [3.05, 3.63) is 0 Å². The molecule has 13 heavy (non-hydrogen) atoms. The van der Waals surface area contributed by atoms with Gasteiger partial charge in [-0.3, -0.25) is 4.79 Å². The number of carbonyl (C=O) groups is 1. The van der Waals surface area contributed by atoms with E-state index < -0.39 is 5.97 Å². The second-order valence-electron chi connectivity index (χ2n) is 3.26. The van der Waals surface area contributed by atoms with E-state index in [2.05, 4.69) is 18.7 Å². The van der Waals surface area contributed by atoms with Crippen LogP contribution >= 0.6 is 0 Å². The molecule has 0 bridgehead atoms. The van der Waals surface area contributed by atoms with Gasteiger partial charge >= 0.3 is 5.97 Å². The van der Waals surface area contributed by atoms with Crippen molar-refractivity contribution in [1.82, 2.24) is 4.90 Å². The van der Waals surface area contributed by atoms with Crippen LogP contribution in [0.5, 0.6) is 0 Å². The zero-order chi connectivity index (χ0) is 10.3. The number of carboxylic acid groups (broad SMARTS) is 1. The summed E-state index contributed by atoms with van der Waals surface area (Å²) in [5, 5.41) is 8.81. The Bertz CT molecular complexity index is 144. The molecule has 0 radical (unpaired) electrons. The van der Waals surface area contributed by atoms with E-state index >= 15 is 0 Å². The average Bonchev–Trinajstić information content (AvgIpc) is 2.12. The summed E-state index contributed by atoms with van der Waals surface area (Å²) in [5.74, 6) is -0.824. The van der Waals surface area contributed by atoms with Crippen LogP contribution in [0, 0.1) is 5.92 Å². The highest BCUT2D eigenvalue weighted by atomic mass is 16.4. The van der Waals surface area contributed by atoms with Crippen LogP contribution in [0.1, 0.15) is 33.6 Å². The molecule has 0 aromatic heterocycles. The summed E-state index contributed by atoms with van der Waals surface area (Å²) < 4.78 is 0. The minimum Gasteiger partial charge on any atom is -0.481 e. The molecule has 0 aromatic rings. The Balaban J connectivity index is 3.76. The molecule has 1 atom stereocenters. The van der Waals surface area contributed by atoms with Gasteiger partial charge in [0.25, 0.3) is 0 Å². The number of aliphatic carboxylic acids is 1. The van der Waals surface area contributed by atoms with Gasteiger partial charge in [-0.25, -0.2) is 0 Å². The van der Waals surface area contributed by atoms with Crippen molar-refractivity contribution in [1.29, 1.82) is 0 Å². The summed E-state index contributed by atoms with van der Waals surface area (Å²) in [7, 11) is 0. The fourth-order valence-electron chi connectivity index (χ4n) is 1.38. The second-order valence-corrected chi connectivity index (χ2v) is 3.26. The lowest BCUT2D eigenvalue weighted by atomic mass is 10.0. The van der Waals surface area contributed by atoms with E-state index in [0.717, 1.165) is 32.5 Å². The van der Waals surface area contributed by atoms with Crippen molar-refractivity contribution in [2.24, 2.45) is 5.92 Å². The Kier molecular flexibility index (Phi) is 6.59. The molecule has 0 saturated heterocycles. The lowest BCUT2D eigenvalue weighted by molar-refractivity contribution is -0.142. The van der Waals surface area contributed by atoms with Crippen LogP contribution in [-0.4, -0.2) is 35.6 Å². The first kappa shape index (κ1) is 12.4. The predicted molar refractivity (Wildman–Crippen MR) is 53.8 cm³/mol. The van der Waals surface area contributed by atoms with Gasteiger partial charge < -0.3 is 10.0 Å². The number of hydrogen-bond acceptors (Lipinski definition) is 2. The Morgan fingerprint density at radius 3 is 2.15 bits per heavy atom. The largest absolute Gasteiger partial charge is 0.481 e. The van der Waals surface area contributed by atoms with Crippen molar-refractivity contribution < 1.29 is 9.90 Å². The molecule has 0 rings (SSSR count). The number of hydrogen-bond donors (Lipinski definition) is 1. The van der Waals surface area contributed by atoms with Gasteiger partial charge in [-0.2, -0.15) is 0 Å². The first-order chi connectivity index (χ1) is 6.15. The fraction of sp³-hybridized carbons (Fsp3) is 0.900. The monoisotopic (exact) mass is 187 g/mol. The summed E-state index contributed by atoms with van der Waals surface area (Å²) in [6.07, 6.45) is 1.50. The van der Waals surface area contributed by atoms with Crippen LogP contribution < -0.4 is 0 Å². The van der Waals surface area contributed by atoms with Crippen LogP contribution in [0.2, 0.25) is 0 Å². The van der Waals surface area contributed by atoms with E-state index in [1.165, 1.54) is 0 Å². The molecule has 0 saturated carbocycles. The quantitative estimate of drug-likeness (QED) is 0.661. The van der Waals surface area contributed by atoms with Crippen LogP contribution in [0.4, 0.5) is 0 Å². The minimum absolute atomic E-state index is 0.166. The van der Waals surface area contributed by atoms with Crippen molar-refractivity contribution >= 4 is 5.97 Å². The van der Waals surface area contributed by atoms with E-state index in [1.807, 2.05) is 6.92 Å². The van der Waals surface area contributed by atoms with Gasteiger partial charge in [-0.05, 0) is 32.5 Å². The molecule has 3 nitrogen and oxygen atoms in total. The molecule has 0 heterocycles. The zero-order valence-electron chi connectivity index (χ0n) is 8.92. The van der Waals surface area contributed by atoms with Crippen LogP contribution in [0.25, 0.3) is 0 Å². The molecule has 0 amide bonds. The number of rotatable bonds is 7. The normalized spacial score (nSPS) is 13.2. The Morgan fingerprint density at radius 2 is 1.85 bits per heavy atom. The molecule has 3 heteroatoms. The SMILES string of the molecule is CCC(CCN(CC)CC)C(=O)O. The standard InChI is InChI=1S/C10H21NO2/c1-4-9(10(12)13)7-8-11(5-2)6-3/h9H,4-8H2,1-3H3,(H,12,13). The maximum atomic E-state index is 10.7. The van der Waals surface area contributed by atoms with Crippen molar-refractivity contribution in [2.75, 3.05) is 19.6 Å². The summed E-state index contributed by atoms with van der Waals surface area (Å²) in [5.41, 5.74) is 0. The lowest BCUT2D eigenvalue weighted by Gasteiger charge is -2.19. The van der Waals surface area contributed by atoms with Gasteiger partial charge in [-0.15, -0.1) is 0 Å². The maximum Gasteiger partial charge on any atom is 0.306 e. The van der Waals surface area contributed by atoms with Crippen molar-refractivity contribution in [2.45, 2.75) is 33.6 Å². The Morgan fingerprint density at radius 1 is 1.31 bits per heavy atom. The van der Waals surface area contributed by atoms with E-state index in [-0.39, 0.29) is 5.92 Å². The van der Waals surface area contributed by atoms with Gasteiger partial charge in [0.05, 0.1) is 5.92 Å². The Hall–Kier alpha value is -0.570. The molecular formula is C10H21NO2. The summed E-state index contributed by atoms with van der Waals surface area (Å²) in [6.45, 7) is 9.05. The average molecular weight is 187 g/mol. The third kappa shape index (κ3) is 4.88. The minimum atomic E-state index is -0.658. The molecule has 1 unspecified atom stereocenters. The highest BCUT2D eigenvalue weighted by molar-refractivity contribution is 5.69. The summed E-state index contributed by atoms with van der Waals surface area (Å²) in [6, 6.07) is 0. The lowest BCUT2D eigenvalue weighted by Crippen LogP contribution is -2.27. The predicted octanol–water partition coefficient (Wildman–Crippen LogP) is 1.83. The smallest absolute Gasteiger partial charge is 0.306 e. The van der Waals surface area contributed by atoms with E-state index in [4.69, 9.17) is 5.11 Å². The second kappa shape index (κ2) is 6.89. The van der Waals surface area contributed by atoms with Gasteiger partial charge in [0.2, 0.25) is 0 Å². The van der Waals surface area contributed by atoms with Crippen molar-refractivity contribution in [3.63, 3.8) is 0 Å². The molecule has 0 spiro atoms. The van der Waals surface area contributed by atoms with E-state index in [0.29, 0.717) is 0 Å². The Labute approximate surface area is 80.7 Å². The molecule has 0 aromatic carbocycles. The maximum absolute atomic E-state index is 10.7. The van der Waals surface area contributed by atoms with Gasteiger partial charge in [0.1, 0.15) is 0 Å². The fourth-order valence-corrected chi connectivity index (χ4v) is 1.38. The molecular weight excluding hydrogens is 166 g/mol. The first-order valence-corrected chi connectivity index (χ1v) is 5.10. The summed E-state index contributed by atoms with van der Waals surface area (Å²) >= 11 is 0. The number of nitrogens with zero attached hydrogens (tertiary/aromatic N) is 1. The first-order valence-electron chi connectivity index (χ1n) is 5.10. The van der Waals surface area contributed by atoms with Crippen LogP contribution in [0.3, 0.4) is 0 Å². The zero-order valence-corrected chi connectivity index (χ0v) is 8.92. The van der Waals surface area contributed by atoms with Gasteiger partial charge in [-0.1, -0.05) is 20.8 Å². The molecule has 0 aliphatic heterocycles. The third-order valence-electron chi connectivity index (χ3n) is 2.53. The highest BCUT2D eigenvalue weighted by Gasteiger charge is 2.15. The molecule has 1 N–H and O–H groups in total. The summed E-state index contributed by atoms with van der Waals surface area (Å²) in [4.78, 5) is 13.0. The van der Waals surface area contributed by atoms with Crippen LogP contribution in [0.15, 0.2) is 0 Å².